The SMILES string of the molecule is CCNC(=NCCc1c(C)noc1C)N1CCN(Cc2ccc(OC)c(OC)c2)CC1. The van der Waals surface area contributed by atoms with Gasteiger partial charge < -0.3 is 24.2 Å². The summed E-state index contributed by atoms with van der Waals surface area (Å²) in [6.45, 7) is 12.4. The minimum absolute atomic E-state index is 0.719. The number of aromatic nitrogens is 1. The molecule has 0 saturated carbocycles. The van der Waals surface area contributed by atoms with Crippen molar-refractivity contribution in [2.24, 2.45) is 4.99 Å². The van der Waals surface area contributed by atoms with Gasteiger partial charge in [-0.05, 0) is 44.9 Å². The first-order valence-electron chi connectivity index (χ1n) is 10.9. The van der Waals surface area contributed by atoms with Gasteiger partial charge >= 0.3 is 0 Å². The van der Waals surface area contributed by atoms with Crippen molar-refractivity contribution in [2.75, 3.05) is 53.5 Å². The molecule has 2 heterocycles. The third-order valence-electron chi connectivity index (χ3n) is 5.67. The summed E-state index contributed by atoms with van der Waals surface area (Å²) in [4.78, 5) is 9.67. The summed E-state index contributed by atoms with van der Waals surface area (Å²) in [6.07, 6.45) is 0.843. The molecule has 170 valence electrons. The molecule has 31 heavy (non-hydrogen) atoms. The van der Waals surface area contributed by atoms with Crippen LogP contribution in [0.4, 0.5) is 0 Å². The number of guanidine groups is 1. The number of nitrogens with zero attached hydrogens (tertiary/aromatic N) is 4. The lowest BCUT2D eigenvalue weighted by atomic mass is 10.1. The monoisotopic (exact) mass is 429 g/mol. The summed E-state index contributed by atoms with van der Waals surface area (Å²) in [5.74, 6) is 3.42. The predicted octanol–water partition coefficient (Wildman–Crippen LogP) is 2.63. The first-order chi connectivity index (χ1) is 15.0. The molecule has 8 heteroatoms. The largest absolute Gasteiger partial charge is 0.493 e. The van der Waals surface area contributed by atoms with Gasteiger partial charge in [0.05, 0.1) is 19.9 Å². The highest BCUT2D eigenvalue weighted by atomic mass is 16.5. The van der Waals surface area contributed by atoms with E-state index >= 15 is 0 Å². The summed E-state index contributed by atoms with van der Waals surface area (Å²) in [5, 5.41) is 7.48. The van der Waals surface area contributed by atoms with Crippen LogP contribution in [-0.2, 0) is 13.0 Å². The summed E-state index contributed by atoms with van der Waals surface area (Å²) in [5.41, 5.74) is 3.35. The number of piperazine rings is 1. The van der Waals surface area contributed by atoms with Gasteiger partial charge in [-0.3, -0.25) is 9.89 Å². The summed E-state index contributed by atoms with van der Waals surface area (Å²) in [7, 11) is 3.34. The van der Waals surface area contributed by atoms with Crippen LogP contribution in [0.15, 0.2) is 27.7 Å². The van der Waals surface area contributed by atoms with Gasteiger partial charge in [-0.25, -0.2) is 0 Å². The molecule has 0 spiro atoms. The van der Waals surface area contributed by atoms with Crippen molar-refractivity contribution in [2.45, 2.75) is 33.7 Å². The second kappa shape index (κ2) is 11.0. The van der Waals surface area contributed by atoms with Crippen LogP contribution in [0, 0.1) is 13.8 Å². The van der Waals surface area contributed by atoms with E-state index in [-0.39, 0.29) is 0 Å². The van der Waals surface area contributed by atoms with E-state index in [2.05, 4.69) is 39.3 Å². The maximum Gasteiger partial charge on any atom is 0.194 e. The first kappa shape index (κ1) is 22.9. The molecule has 1 aliphatic rings. The Hall–Kier alpha value is -2.74. The lowest BCUT2D eigenvalue weighted by molar-refractivity contribution is 0.172. The van der Waals surface area contributed by atoms with E-state index in [0.717, 1.165) is 81.1 Å². The van der Waals surface area contributed by atoms with Crippen molar-refractivity contribution in [3.05, 3.63) is 40.8 Å². The molecule has 0 amide bonds. The maximum atomic E-state index is 5.43. The molecule has 2 aromatic rings. The fourth-order valence-corrected chi connectivity index (χ4v) is 3.91. The second-order valence-corrected chi connectivity index (χ2v) is 7.74. The van der Waals surface area contributed by atoms with Crippen molar-refractivity contribution < 1.29 is 14.0 Å². The second-order valence-electron chi connectivity index (χ2n) is 7.74. The van der Waals surface area contributed by atoms with Gasteiger partial charge in [0.2, 0.25) is 0 Å². The third kappa shape index (κ3) is 5.91. The van der Waals surface area contributed by atoms with Crippen LogP contribution in [0.25, 0.3) is 0 Å². The molecule has 1 aliphatic heterocycles. The molecule has 1 saturated heterocycles. The average Bonchev–Trinajstić information content (AvgIpc) is 3.11. The smallest absolute Gasteiger partial charge is 0.194 e. The van der Waals surface area contributed by atoms with Gasteiger partial charge in [0.15, 0.2) is 17.5 Å². The first-order valence-corrected chi connectivity index (χ1v) is 10.9. The fraction of sp³-hybridized carbons (Fsp3) is 0.565. The highest BCUT2D eigenvalue weighted by Crippen LogP contribution is 2.28. The number of methoxy groups -OCH3 is 2. The normalized spacial score (nSPS) is 15.3. The highest BCUT2D eigenvalue weighted by Gasteiger charge is 2.20. The summed E-state index contributed by atoms with van der Waals surface area (Å²) < 4.78 is 16.0. The van der Waals surface area contributed by atoms with Crippen molar-refractivity contribution in [3.63, 3.8) is 0 Å². The number of rotatable bonds is 8. The van der Waals surface area contributed by atoms with Crippen molar-refractivity contribution >= 4 is 5.96 Å². The standard InChI is InChI=1S/C23H35N5O3/c1-6-24-23(25-10-9-20-17(2)26-31-18(20)3)28-13-11-27(12-14-28)16-19-7-8-21(29-4)22(15-19)30-5/h7-8,15H,6,9-14,16H2,1-5H3,(H,24,25). The number of aliphatic imine (C=N–C) groups is 1. The van der Waals surface area contributed by atoms with E-state index < -0.39 is 0 Å². The highest BCUT2D eigenvalue weighted by molar-refractivity contribution is 5.80. The number of benzene rings is 1. The molecule has 0 unspecified atom stereocenters. The predicted molar refractivity (Wildman–Crippen MR) is 122 cm³/mol. The van der Waals surface area contributed by atoms with Crippen LogP contribution in [0.1, 0.15) is 29.5 Å². The molecule has 0 bridgehead atoms. The lowest BCUT2D eigenvalue weighted by Crippen LogP contribution is -2.52. The quantitative estimate of drug-likeness (QED) is 0.511. The molecule has 1 N–H and O–H groups in total. The maximum absolute atomic E-state index is 5.43. The van der Waals surface area contributed by atoms with Crippen molar-refractivity contribution in [3.8, 4) is 11.5 Å². The van der Waals surface area contributed by atoms with Crippen molar-refractivity contribution in [1.82, 2.24) is 20.3 Å². The summed E-state index contributed by atoms with van der Waals surface area (Å²) >= 11 is 0. The number of aryl methyl sites for hydroxylation is 2. The van der Waals surface area contributed by atoms with E-state index in [1.165, 1.54) is 11.1 Å². The van der Waals surface area contributed by atoms with Crippen LogP contribution in [0.5, 0.6) is 11.5 Å². The minimum atomic E-state index is 0.719. The zero-order chi connectivity index (χ0) is 22.2. The van der Waals surface area contributed by atoms with E-state index in [0.29, 0.717) is 0 Å². The van der Waals surface area contributed by atoms with Crippen LogP contribution < -0.4 is 14.8 Å². The molecule has 3 rings (SSSR count). The van der Waals surface area contributed by atoms with Gasteiger partial charge in [-0.1, -0.05) is 11.2 Å². The Labute approximate surface area is 185 Å². The molecule has 0 atom stereocenters. The molecular weight excluding hydrogens is 394 g/mol. The number of hydrogen-bond donors (Lipinski definition) is 1. The van der Waals surface area contributed by atoms with E-state index in [9.17, 15) is 0 Å². The van der Waals surface area contributed by atoms with Crippen LogP contribution >= 0.6 is 0 Å². The molecular formula is C23H35N5O3. The van der Waals surface area contributed by atoms with Gasteiger partial charge in [-0.15, -0.1) is 0 Å². The molecule has 1 fully saturated rings. The Morgan fingerprint density at radius 3 is 2.48 bits per heavy atom. The van der Waals surface area contributed by atoms with Crippen molar-refractivity contribution in [1.29, 1.82) is 0 Å². The molecule has 1 aromatic heterocycles. The Balaban J connectivity index is 1.54. The topological polar surface area (TPSA) is 75.4 Å². The average molecular weight is 430 g/mol. The molecule has 1 aromatic carbocycles. The van der Waals surface area contributed by atoms with Gasteiger partial charge in [0.1, 0.15) is 5.76 Å². The lowest BCUT2D eigenvalue weighted by Gasteiger charge is -2.36. The van der Waals surface area contributed by atoms with Crippen LogP contribution in [-0.4, -0.2) is 74.4 Å². The Morgan fingerprint density at radius 1 is 1.13 bits per heavy atom. The fourth-order valence-electron chi connectivity index (χ4n) is 3.91. The number of nitrogens with one attached hydrogen (secondary N) is 1. The molecule has 8 nitrogen and oxygen atoms in total. The zero-order valence-corrected chi connectivity index (χ0v) is 19.4. The Morgan fingerprint density at radius 2 is 1.87 bits per heavy atom. The van der Waals surface area contributed by atoms with Gasteiger partial charge in [0.25, 0.3) is 0 Å². The third-order valence-corrected chi connectivity index (χ3v) is 5.67. The van der Waals surface area contributed by atoms with E-state index in [1.54, 1.807) is 14.2 Å². The van der Waals surface area contributed by atoms with Gasteiger partial charge in [0, 0.05) is 51.4 Å². The summed E-state index contributed by atoms with van der Waals surface area (Å²) in [6, 6.07) is 6.14. The Bertz CT molecular complexity index is 853. The van der Waals surface area contributed by atoms with E-state index in [4.69, 9.17) is 19.0 Å². The molecule has 0 radical (unpaired) electrons. The van der Waals surface area contributed by atoms with Crippen LogP contribution in [0.3, 0.4) is 0 Å². The number of hydrogen-bond acceptors (Lipinski definition) is 6. The zero-order valence-electron chi connectivity index (χ0n) is 19.4. The minimum Gasteiger partial charge on any atom is -0.493 e. The molecule has 0 aliphatic carbocycles. The van der Waals surface area contributed by atoms with Crippen LogP contribution in [0.2, 0.25) is 0 Å². The number of ether oxygens (including phenoxy) is 2. The van der Waals surface area contributed by atoms with E-state index in [1.807, 2.05) is 19.9 Å². The van der Waals surface area contributed by atoms with Gasteiger partial charge in [-0.2, -0.15) is 0 Å². The Kier molecular flexibility index (Phi) is 8.17.